The smallest absolute Gasteiger partial charge is 0.0834 e. The van der Waals surface area contributed by atoms with Gasteiger partial charge in [0.2, 0.25) is 0 Å². The molecule has 1 atom stereocenters. The molecular formula is C13H25ClN4O2. The Labute approximate surface area is 125 Å². The second-order valence-corrected chi connectivity index (χ2v) is 5.31. The van der Waals surface area contributed by atoms with Crippen LogP contribution >= 0.6 is 11.6 Å². The first-order chi connectivity index (χ1) is 9.56. The van der Waals surface area contributed by atoms with E-state index in [1.54, 1.807) is 13.3 Å². The maximum atomic E-state index is 6.19. The number of nitrogens with zero attached hydrogens (tertiary/aromatic N) is 3. The van der Waals surface area contributed by atoms with Crippen LogP contribution in [0.2, 0.25) is 5.02 Å². The summed E-state index contributed by atoms with van der Waals surface area (Å²) in [5, 5.41) is 4.90. The van der Waals surface area contributed by atoms with Crippen LogP contribution in [0.15, 0.2) is 6.20 Å². The SMILES string of the molecule is COCCOCCC(N)c1c(Cl)cnn1CCN(C)C. The summed E-state index contributed by atoms with van der Waals surface area (Å²) in [6.45, 7) is 3.42. The molecule has 20 heavy (non-hydrogen) atoms. The van der Waals surface area contributed by atoms with Crippen molar-refractivity contribution in [3.8, 4) is 0 Å². The van der Waals surface area contributed by atoms with Gasteiger partial charge in [0.05, 0.1) is 42.7 Å². The second-order valence-electron chi connectivity index (χ2n) is 4.90. The van der Waals surface area contributed by atoms with Gasteiger partial charge in [0.1, 0.15) is 0 Å². The summed E-state index contributed by atoms with van der Waals surface area (Å²) in [5.41, 5.74) is 7.07. The van der Waals surface area contributed by atoms with Crippen LogP contribution in [0.4, 0.5) is 0 Å². The van der Waals surface area contributed by atoms with Crippen molar-refractivity contribution in [3.05, 3.63) is 16.9 Å². The van der Waals surface area contributed by atoms with E-state index in [1.807, 2.05) is 18.8 Å². The van der Waals surface area contributed by atoms with Gasteiger partial charge in [-0.05, 0) is 20.5 Å². The van der Waals surface area contributed by atoms with Gasteiger partial charge in [0.25, 0.3) is 0 Å². The van der Waals surface area contributed by atoms with Crippen molar-refractivity contribution < 1.29 is 9.47 Å². The maximum absolute atomic E-state index is 6.19. The molecule has 0 radical (unpaired) electrons. The van der Waals surface area contributed by atoms with Gasteiger partial charge in [0, 0.05) is 20.3 Å². The molecule has 0 bridgehead atoms. The molecular weight excluding hydrogens is 280 g/mol. The van der Waals surface area contributed by atoms with E-state index in [-0.39, 0.29) is 6.04 Å². The molecule has 1 rings (SSSR count). The first kappa shape index (κ1) is 17.4. The molecule has 1 aromatic rings. The monoisotopic (exact) mass is 304 g/mol. The Morgan fingerprint density at radius 1 is 1.40 bits per heavy atom. The van der Waals surface area contributed by atoms with Gasteiger partial charge < -0.3 is 20.1 Å². The van der Waals surface area contributed by atoms with E-state index in [9.17, 15) is 0 Å². The topological polar surface area (TPSA) is 65.5 Å². The fourth-order valence-corrected chi connectivity index (χ4v) is 2.09. The van der Waals surface area contributed by atoms with E-state index in [0.717, 1.165) is 18.8 Å². The van der Waals surface area contributed by atoms with Crippen molar-refractivity contribution >= 4 is 11.6 Å². The number of likely N-dealkylation sites (N-methyl/N-ethyl adjacent to an activating group) is 1. The molecule has 0 aliphatic rings. The van der Waals surface area contributed by atoms with E-state index < -0.39 is 0 Å². The highest BCUT2D eigenvalue weighted by Gasteiger charge is 2.16. The summed E-state index contributed by atoms with van der Waals surface area (Å²) in [6, 6.07) is -0.172. The summed E-state index contributed by atoms with van der Waals surface area (Å²) in [4.78, 5) is 2.10. The summed E-state index contributed by atoms with van der Waals surface area (Å²) < 4.78 is 12.2. The average Bonchev–Trinajstić information content (AvgIpc) is 2.77. The van der Waals surface area contributed by atoms with Crippen molar-refractivity contribution in [1.29, 1.82) is 0 Å². The molecule has 1 unspecified atom stereocenters. The average molecular weight is 305 g/mol. The molecule has 0 saturated heterocycles. The highest BCUT2D eigenvalue weighted by atomic mass is 35.5. The molecule has 6 nitrogen and oxygen atoms in total. The largest absolute Gasteiger partial charge is 0.382 e. The van der Waals surface area contributed by atoms with Crippen LogP contribution in [0, 0.1) is 0 Å². The predicted octanol–water partition coefficient (Wildman–Crippen LogP) is 1.15. The lowest BCUT2D eigenvalue weighted by atomic mass is 10.1. The van der Waals surface area contributed by atoms with E-state index >= 15 is 0 Å². The Hall–Kier alpha value is -0.660. The Kier molecular flexibility index (Phi) is 8.09. The van der Waals surface area contributed by atoms with Crippen molar-refractivity contribution in [2.75, 3.05) is 47.6 Å². The summed E-state index contributed by atoms with van der Waals surface area (Å²) >= 11 is 6.18. The van der Waals surface area contributed by atoms with Crippen LogP contribution in [-0.2, 0) is 16.0 Å². The molecule has 2 N–H and O–H groups in total. The minimum Gasteiger partial charge on any atom is -0.382 e. The standard InChI is InChI=1S/C13H25ClN4O2/c1-17(2)5-6-18-13(11(14)10-16-18)12(15)4-7-20-9-8-19-3/h10,12H,4-9,15H2,1-3H3. The molecule has 0 spiro atoms. The third-order valence-corrected chi connectivity index (χ3v) is 3.24. The second kappa shape index (κ2) is 9.31. The lowest BCUT2D eigenvalue weighted by Gasteiger charge is -2.16. The molecule has 116 valence electrons. The van der Waals surface area contributed by atoms with E-state index in [4.69, 9.17) is 26.8 Å². The third kappa shape index (κ3) is 5.76. The van der Waals surface area contributed by atoms with Gasteiger partial charge in [-0.25, -0.2) is 0 Å². The zero-order valence-corrected chi connectivity index (χ0v) is 13.3. The number of ether oxygens (including phenoxy) is 2. The van der Waals surface area contributed by atoms with Gasteiger partial charge in [-0.1, -0.05) is 11.6 Å². The Morgan fingerprint density at radius 3 is 2.80 bits per heavy atom. The van der Waals surface area contributed by atoms with E-state index in [1.165, 1.54) is 0 Å². The molecule has 0 saturated carbocycles. The zero-order chi connectivity index (χ0) is 15.0. The quantitative estimate of drug-likeness (QED) is 0.657. The number of hydrogen-bond acceptors (Lipinski definition) is 5. The third-order valence-electron chi connectivity index (χ3n) is 2.95. The van der Waals surface area contributed by atoms with Crippen LogP contribution in [0.3, 0.4) is 0 Å². The van der Waals surface area contributed by atoms with Gasteiger partial charge in [-0.15, -0.1) is 0 Å². The molecule has 0 fully saturated rings. The van der Waals surface area contributed by atoms with Gasteiger partial charge in [-0.2, -0.15) is 5.10 Å². The predicted molar refractivity (Wildman–Crippen MR) is 80.0 cm³/mol. The number of nitrogens with two attached hydrogens (primary N) is 1. The van der Waals surface area contributed by atoms with E-state index in [0.29, 0.717) is 31.3 Å². The summed E-state index contributed by atoms with van der Waals surface area (Å²) in [5.74, 6) is 0. The Morgan fingerprint density at radius 2 is 2.15 bits per heavy atom. The lowest BCUT2D eigenvalue weighted by molar-refractivity contribution is 0.0669. The number of rotatable bonds is 10. The maximum Gasteiger partial charge on any atom is 0.0834 e. The summed E-state index contributed by atoms with van der Waals surface area (Å²) in [6.07, 6.45) is 2.36. The van der Waals surface area contributed by atoms with E-state index in [2.05, 4.69) is 10.00 Å². The first-order valence-corrected chi connectivity index (χ1v) is 7.12. The first-order valence-electron chi connectivity index (χ1n) is 6.74. The van der Waals surface area contributed by atoms with Crippen LogP contribution in [-0.4, -0.2) is 62.3 Å². The number of hydrogen-bond donors (Lipinski definition) is 1. The van der Waals surface area contributed by atoms with Crippen molar-refractivity contribution in [1.82, 2.24) is 14.7 Å². The summed E-state index contributed by atoms with van der Waals surface area (Å²) in [7, 11) is 5.70. The molecule has 0 amide bonds. The normalized spacial score (nSPS) is 13.1. The van der Waals surface area contributed by atoms with Crippen molar-refractivity contribution in [3.63, 3.8) is 0 Å². The molecule has 0 aliphatic heterocycles. The molecule has 1 aromatic heterocycles. The van der Waals surface area contributed by atoms with Crippen LogP contribution < -0.4 is 5.73 Å². The number of methoxy groups -OCH3 is 1. The van der Waals surface area contributed by atoms with Gasteiger partial charge >= 0.3 is 0 Å². The molecule has 0 aromatic carbocycles. The van der Waals surface area contributed by atoms with Crippen LogP contribution in [0.5, 0.6) is 0 Å². The number of halogens is 1. The Bertz CT molecular complexity index is 384. The minimum absolute atomic E-state index is 0.172. The zero-order valence-electron chi connectivity index (χ0n) is 12.5. The number of aromatic nitrogens is 2. The Balaban J connectivity index is 2.49. The van der Waals surface area contributed by atoms with Crippen LogP contribution in [0.25, 0.3) is 0 Å². The molecule has 1 heterocycles. The van der Waals surface area contributed by atoms with Crippen molar-refractivity contribution in [2.45, 2.75) is 19.0 Å². The highest BCUT2D eigenvalue weighted by molar-refractivity contribution is 6.31. The molecule has 7 heteroatoms. The lowest BCUT2D eigenvalue weighted by Crippen LogP contribution is -2.24. The van der Waals surface area contributed by atoms with Crippen molar-refractivity contribution in [2.24, 2.45) is 5.73 Å². The van der Waals surface area contributed by atoms with Crippen LogP contribution in [0.1, 0.15) is 18.2 Å². The van der Waals surface area contributed by atoms with Gasteiger partial charge in [-0.3, -0.25) is 4.68 Å². The minimum atomic E-state index is -0.172. The van der Waals surface area contributed by atoms with Gasteiger partial charge in [0.15, 0.2) is 0 Å². The fourth-order valence-electron chi connectivity index (χ4n) is 1.80. The molecule has 0 aliphatic carbocycles. The highest BCUT2D eigenvalue weighted by Crippen LogP contribution is 2.23. The fraction of sp³-hybridized carbons (Fsp3) is 0.769.